The lowest BCUT2D eigenvalue weighted by atomic mass is 10.2. The van der Waals surface area contributed by atoms with Crippen LogP contribution in [0.5, 0.6) is 0 Å². The lowest BCUT2D eigenvalue weighted by Gasteiger charge is -2.34. The Morgan fingerprint density at radius 2 is 2.00 bits per heavy atom. The van der Waals surface area contributed by atoms with Gasteiger partial charge in [-0.05, 0) is 30.0 Å². The van der Waals surface area contributed by atoms with E-state index in [2.05, 4.69) is 14.9 Å². The number of thiophene rings is 1. The molecule has 0 bridgehead atoms. The number of imidazole rings is 1. The molecule has 1 amide bonds. The van der Waals surface area contributed by atoms with E-state index in [9.17, 15) is 4.79 Å². The lowest BCUT2D eigenvalue weighted by Crippen LogP contribution is -2.49. The Hall–Kier alpha value is -2.05. The Balaban J connectivity index is 1.46. The molecular formula is C17H17ClN4OS. The zero-order valence-electron chi connectivity index (χ0n) is 13.3. The van der Waals surface area contributed by atoms with E-state index in [0.29, 0.717) is 23.0 Å². The van der Waals surface area contributed by atoms with Crippen LogP contribution in [0.25, 0.3) is 11.0 Å². The molecule has 3 heterocycles. The molecule has 0 aliphatic carbocycles. The van der Waals surface area contributed by atoms with Crippen LogP contribution in [-0.2, 0) is 0 Å². The van der Waals surface area contributed by atoms with E-state index in [1.54, 1.807) is 0 Å². The van der Waals surface area contributed by atoms with Crippen molar-refractivity contribution in [1.82, 2.24) is 14.9 Å². The summed E-state index contributed by atoms with van der Waals surface area (Å²) < 4.78 is 0. The molecule has 1 aromatic carbocycles. The lowest BCUT2D eigenvalue weighted by molar-refractivity contribution is 0.0751. The van der Waals surface area contributed by atoms with Crippen molar-refractivity contribution in [2.45, 2.75) is 6.92 Å². The molecule has 1 saturated heterocycles. The summed E-state index contributed by atoms with van der Waals surface area (Å²) in [5.74, 6) is 0.899. The first-order valence-electron chi connectivity index (χ1n) is 7.86. The highest BCUT2D eigenvalue weighted by atomic mass is 35.5. The smallest absolute Gasteiger partial charge is 0.265 e. The van der Waals surface area contributed by atoms with Gasteiger partial charge < -0.3 is 14.8 Å². The van der Waals surface area contributed by atoms with Gasteiger partial charge in [-0.25, -0.2) is 4.98 Å². The van der Waals surface area contributed by atoms with Crippen LogP contribution in [0.4, 0.5) is 5.95 Å². The van der Waals surface area contributed by atoms with Crippen molar-refractivity contribution in [3.63, 3.8) is 0 Å². The van der Waals surface area contributed by atoms with Crippen LogP contribution >= 0.6 is 22.9 Å². The highest BCUT2D eigenvalue weighted by Crippen LogP contribution is 2.29. The summed E-state index contributed by atoms with van der Waals surface area (Å²) in [6.45, 7) is 4.78. The minimum Gasteiger partial charge on any atom is -0.339 e. The number of aryl methyl sites for hydroxylation is 1. The molecule has 1 aliphatic rings. The van der Waals surface area contributed by atoms with Crippen molar-refractivity contribution < 1.29 is 4.79 Å². The normalized spacial score (nSPS) is 15.2. The van der Waals surface area contributed by atoms with Crippen LogP contribution in [0.15, 0.2) is 29.6 Å². The molecular weight excluding hydrogens is 344 g/mol. The largest absolute Gasteiger partial charge is 0.339 e. The first-order valence-corrected chi connectivity index (χ1v) is 9.12. The number of anilines is 1. The van der Waals surface area contributed by atoms with Gasteiger partial charge >= 0.3 is 0 Å². The molecule has 5 nitrogen and oxygen atoms in total. The summed E-state index contributed by atoms with van der Waals surface area (Å²) >= 11 is 7.65. The number of hydrogen-bond donors (Lipinski definition) is 1. The molecule has 0 spiro atoms. The highest BCUT2D eigenvalue weighted by molar-refractivity contribution is 7.13. The molecule has 1 N–H and O–H groups in total. The molecule has 124 valence electrons. The maximum Gasteiger partial charge on any atom is 0.265 e. The second-order valence-corrected chi connectivity index (χ2v) is 7.18. The molecule has 0 radical (unpaired) electrons. The number of benzene rings is 1. The Labute approximate surface area is 148 Å². The fraction of sp³-hybridized carbons (Fsp3) is 0.294. The Kier molecular flexibility index (Phi) is 3.94. The van der Waals surface area contributed by atoms with Crippen LogP contribution in [0.2, 0.25) is 5.02 Å². The minimum atomic E-state index is 0.0300. The third kappa shape index (κ3) is 2.65. The van der Waals surface area contributed by atoms with E-state index in [0.717, 1.165) is 35.6 Å². The minimum absolute atomic E-state index is 0.0300. The molecule has 0 unspecified atom stereocenters. The second-order valence-electron chi connectivity index (χ2n) is 5.92. The molecule has 7 heteroatoms. The number of carbonyl (C=O) groups is 1. The number of para-hydroxylation sites is 2. The van der Waals surface area contributed by atoms with E-state index in [-0.39, 0.29) is 5.91 Å². The number of aromatic nitrogens is 2. The van der Waals surface area contributed by atoms with Crippen LogP contribution in [0.1, 0.15) is 15.2 Å². The van der Waals surface area contributed by atoms with Crippen molar-refractivity contribution >= 4 is 45.8 Å². The van der Waals surface area contributed by atoms with E-state index in [1.807, 2.05) is 41.5 Å². The van der Waals surface area contributed by atoms with Gasteiger partial charge in [-0.15, -0.1) is 11.3 Å². The van der Waals surface area contributed by atoms with Crippen molar-refractivity contribution in [1.29, 1.82) is 0 Å². The van der Waals surface area contributed by atoms with Crippen molar-refractivity contribution in [3.05, 3.63) is 45.1 Å². The topological polar surface area (TPSA) is 52.2 Å². The van der Waals surface area contributed by atoms with Gasteiger partial charge in [0.2, 0.25) is 5.95 Å². The Morgan fingerprint density at radius 1 is 1.25 bits per heavy atom. The second kappa shape index (κ2) is 6.11. The molecule has 4 rings (SSSR count). The van der Waals surface area contributed by atoms with Crippen LogP contribution < -0.4 is 4.90 Å². The van der Waals surface area contributed by atoms with E-state index < -0.39 is 0 Å². The predicted molar refractivity (Wildman–Crippen MR) is 98.3 cm³/mol. The highest BCUT2D eigenvalue weighted by Gasteiger charge is 2.26. The van der Waals surface area contributed by atoms with Crippen LogP contribution in [0, 0.1) is 6.92 Å². The van der Waals surface area contributed by atoms with E-state index in [4.69, 9.17) is 11.6 Å². The number of nitrogens with zero attached hydrogens (tertiary/aromatic N) is 3. The van der Waals surface area contributed by atoms with Gasteiger partial charge in [-0.3, -0.25) is 4.79 Å². The molecule has 0 saturated carbocycles. The zero-order chi connectivity index (χ0) is 16.7. The maximum atomic E-state index is 12.6. The van der Waals surface area contributed by atoms with E-state index in [1.165, 1.54) is 11.3 Å². The van der Waals surface area contributed by atoms with Crippen molar-refractivity contribution in [2.24, 2.45) is 0 Å². The molecule has 0 atom stereocenters. The Bertz CT molecular complexity index is 862. The summed E-state index contributed by atoms with van der Waals surface area (Å²) in [5, 5.41) is 2.52. The summed E-state index contributed by atoms with van der Waals surface area (Å²) in [4.78, 5) is 25.3. The summed E-state index contributed by atoms with van der Waals surface area (Å²) in [6, 6.07) is 7.99. The van der Waals surface area contributed by atoms with E-state index >= 15 is 0 Å². The summed E-state index contributed by atoms with van der Waals surface area (Å²) in [7, 11) is 0. The van der Waals surface area contributed by atoms with Crippen LogP contribution in [-0.4, -0.2) is 47.0 Å². The van der Waals surface area contributed by atoms with Crippen molar-refractivity contribution in [2.75, 3.05) is 31.1 Å². The van der Waals surface area contributed by atoms with Gasteiger partial charge in [-0.2, -0.15) is 0 Å². The zero-order valence-corrected chi connectivity index (χ0v) is 14.8. The number of piperazine rings is 1. The summed E-state index contributed by atoms with van der Waals surface area (Å²) in [6.07, 6.45) is 0. The number of halogens is 1. The third-order valence-corrected chi connectivity index (χ3v) is 6.02. The monoisotopic (exact) mass is 360 g/mol. The van der Waals surface area contributed by atoms with Gasteiger partial charge in [0.25, 0.3) is 5.91 Å². The standard InChI is InChI=1S/C17H17ClN4OS/c1-11-10-24-15(14(11)18)16(23)21-6-8-22(9-7-21)17-19-12-4-2-3-5-13(12)20-17/h2-5,10H,6-9H2,1H3,(H,19,20). The number of H-pyrrole nitrogens is 1. The molecule has 1 fully saturated rings. The fourth-order valence-electron chi connectivity index (χ4n) is 2.93. The third-order valence-electron chi connectivity index (χ3n) is 4.34. The predicted octanol–water partition coefficient (Wildman–Crippen LogP) is 3.55. The van der Waals surface area contributed by atoms with Crippen LogP contribution in [0.3, 0.4) is 0 Å². The molecule has 3 aromatic rings. The maximum absolute atomic E-state index is 12.6. The molecule has 2 aromatic heterocycles. The number of hydrogen-bond acceptors (Lipinski definition) is 4. The number of carbonyl (C=O) groups excluding carboxylic acids is 1. The average Bonchev–Trinajstić information content (AvgIpc) is 3.19. The first-order chi connectivity index (χ1) is 11.6. The van der Waals surface area contributed by atoms with Crippen molar-refractivity contribution in [3.8, 4) is 0 Å². The SMILES string of the molecule is Cc1csc(C(=O)N2CCN(c3nc4ccccc4[nH]3)CC2)c1Cl. The van der Waals surface area contributed by atoms with Gasteiger partial charge in [0.05, 0.1) is 16.1 Å². The summed E-state index contributed by atoms with van der Waals surface area (Å²) in [5.41, 5.74) is 2.96. The van der Waals surface area contributed by atoms with Gasteiger partial charge in [-0.1, -0.05) is 23.7 Å². The first kappa shape index (κ1) is 15.5. The number of rotatable bonds is 2. The number of aromatic amines is 1. The molecule has 24 heavy (non-hydrogen) atoms. The van der Waals surface area contributed by atoms with Gasteiger partial charge in [0.1, 0.15) is 4.88 Å². The fourth-order valence-corrected chi connectivity index (χ4v) is 4.17. The van der Waals surface area contributed by atoms with Gasteiger partial charge in [0.15, 0.2) is 0 Å². The van der Waals surface area contributed by atoms with Gasteiger partial charge in [0, 0.05) is 26.2 Å². The molecule has 1 aliphatic heterocycles. The number of fused-ring (bicyclic) bond motifs is 1. The quantitative estimate of drug-likeness (QED) is 0.760. The number of amides is 1. The number of nitrogens with one attached hydrogen (secondary N) is 1. The Morgan fingerprint density at radius 3 is 2.67 bits per heavy atom. The average molecular weight is 361 g/mol.